The van der Waals surface area contributed by atoms with Gasteiger partial charge in [-0.3, -0.25) is 4.79 Å². The molecule has 0 aromatic heterocycles. The number of carbonyl (C=O) groups excluding carboxylic acids is 1. The average Bonchev–Trinajstić information content (AvgIpc) is 3.02. The van der Waals surface area contributed by atoms with E-state index in [1.165, 1.54) is 25.7 Å². The number of carbonyl (C=O) groups is 1. The van der Waals surface area contributed by atoms with Crippen molar-refractivity contribution in [2.75, 3.05) is 13.2 Å². The lowest BCUT2D eigenvalue weighted by atomic mass is 9.81. The normalized spacial score (nSPS) is 37.0. The molecule has 0 bridgehead atoms. The third kappa shape index (κ3) is 2.52. The SMILES string of the molecule is O=C(NC1(CO)CCCCC1)C1NCC2CCCC21. The van der Waals surface area contributed by atoms with Crippen molar-refractivity contribution in [1.82, 2.24) is 10.6 Å². The van der Waals surface area contributed by atoms with Crippen molar-refractivity contribution in [1.29, 1.82) is 0 Å². The van der Waals surface area contributed by atoms with E-state index in [0.29, 0.717) is 11.8 Å². The molecule has 3 atom stereocenters. The van der Waals surface area contributed by atoms with Crippen LogP contribution in [-0.4, -0.2) is 35.7 Å². The van der Waals surface area contributed by atoms with E-state index in [9.17, 15) is 9.90 Å². The van der Waals surface area contributed by atoms with Crippen molar-refractivity contribution in [3.8, 4) is 0 Å². The largest absolute Gasteiger partial charge is 0.394 e. The van der Waals surface area contributed by atoms with Gasteiger partial charge in [0.2, 0.25) is 5.91 Å². The van der Waals surface area contributed by atoms with Crippen LogP contribution in [0.5, 0.6) is 0 Å². The van der Waals surface area contributed by atoms with E-state index < -0.39 is 0 Å². The number of aliphatic hydroxyl groups is 1. The lowest BCUT2D eigenvalue weighted by Gasteiger charge is -2.37. The van der Waals surface area contributed by atoms with Crippen LogP contribution in [0.4, 0.5) is 0 Å². The Morgan fingerprint density at radius 3 is 2.74 bits per heavy atom. The van der Waals surface area contributed by atoms with Gasteiger partial charge in [-0.05, 0) is 44.1 Å². The summed E-state index contributed by atoms with van der Waals surface area (Å²) < 4.78 is 0. The maximum atomic E-state index is 12.5. The van der Waals surface area contributed by atoms with E-state index in [4.69, 9.17) is 0 Å². The molecule has 0 spiro atoms. The highest BCUT2D eigenvalue weighted by Crippen LogP contribution is 2.38. The predicted molar refractivity (Wildman–Crippen MR) is 73.7 cm³/mol. The lowest BCUT2D eigenvalue weighted by Crippen LogP contribution is -2.57. The Morgan fingerprint density at radius 2 is 2.00 bits per heavy atom. The minimum atomic E-state index is -0.340. The molecule has 3 unspecified atom stereocenters. The fourth-order valence-corrected chi connectivity index (χ4v) is 4.36. The Hall–Kier alpha value is -0.610. The summed E-state index contributed by atoms with van der Waals surface area (Å²) in [5.74, 6) is 1.36. The minimum Gasteiger partial charge on any atom is -0.394 e. The Labute approximate surface area is 115 Å². The second-order valence-electron chi connectivity index (χ2n) is 6.73. The van der Waals surface area contributed by atoms with E-state index in [0.717, 1.165) is 32.2 Å². The molecule has 1 saturated heterocycles. The van der Waals surface area contributed by atoms with Crippen LogP contribution in [-0.2, 0) is 4.79 Å². The molecule has 0 radical (unpaired) electrons. The molecule has 2 saturated carbocycles. The highest BCUT2D eigenvalue weighted by molar-refractivity contribution is 5.83. The topological polar surface area (TPSA) is 61.4 Å². The molecular formula is C15H26N2O2. The molecule has 3 rings (SSSR count). The first-order valence-electron chi connectivity index (χ1n) is 7.90. The van der Waals surface area contributed by atoms with Crippen LogP contribution in [0, 0.1) is 11.8 Å². The summed E-state index contributed by atoms with van der Waals surface area (Å²) in [6, 6.07) is -0.0159. The Kier molecular flexibility index (Phi) is 3.81. The van der Waals surface area contributed by atoms with Gasteiger partial charge in [-0.2, -0.15) is 0 Å². The van der Waals surface area contributed by atoms with Gasteiger partial charge in [0.15, 0.2) is 0 Å². The first-order valence-corrected chi connectivity index (χ1v) is 7.90. The molecule has 19 heavy (non-hydrogen) atoms. The zero-order valence-corrected chi connectivity index (χ0v) is 11.7. The average molecular weight is 266 g/mol. The second-order valence-corrected chi connectivity index (χ2v) is 6.73. The number of hydrogen-bond donors (Lipinski definition) is 3. The number of fused-ring (bicyclic) bond motifs is 1. The smallest absolute Gasteiger partial charge is 0.237 e. The van der Waals surface area contributed by atoms with Crippen molar-refractivity contribution in [3.63, 3.8) is 0 Å². The van der Waals surface area contributed by atoms with E-state index in [1.807, 2.05) is 0 Å². The summed E-state index contributed by atoms with van der Waals surface area (Å²) in [6.07, 6.45) is 9.03. The van der Waals surface area contributed by atoms with E-state index in [1.54, 1.807) is 0 Å². The summed E-state index contributed by atoms with van der Waals surface area (Å²) in [7, 11) is 0. The maximum absolute atomic E-state index is 12.5. The Bertz CT molecular complexity index is 339. The fraction of sp³-hybridized carbons (Fsp3) is 0.933. The summed E-state index contributed by atoms with van der Waals surface area (Å²) in [5, 5.41) is 16.3. The Balaban J connectivity index is 1.63. The van der Waals surface area contributed by atoms with Crippen LogP contribution < -0.4 is 10.6 Å². The van der Waals surface area contributed by atoms with Gasteiger partial charge in [0.05, 0.1) is 18.2 Å². The molecule has 3 aliphatic rings. The van der Waals surface area contributed by atoms with Crippen LogP contribution in [0.15, 0.2) is 0 Å². The minimum absolute atomic E-state index is 0.0159. The molecule has 4 nitrogen and oxygen atoms in total. The highest BCUT2D eigenvalue weighted by Gasteiger charge is 2.44. The van der Waals surface area contributed by atoms with Gasteiger partial charge in [0, 0.05) is 0 Å². The van der Waals surface area contributed by atoms with E-state index >= 15 is 0 Å². The van der Waals surface area contributed by atoms with E-state index in [2.05, 4.69) is 10.6 Å². The number of rotatable bonds is 3. The predicted octanol–water partition coefficient (Wildman–Crippen LogP) is 1.19. The van der Waals surface area contributed by atoms with Crippen molar-refractivity contribution in [2.45, 2.75) is 62.9 Å². The standard InChI is InChI=1S/C15H26N2O2/c18-10-15(7-2-1-3-8-15)17-14(19)13-12-6-4-5-11(12)9-16-13/h11-13,16,18H,1-10H2,(H,17,19). The van der Waals surface area contributed by atoms with Gasteiger partial charge in [0.25, 0.3) is 0 Å². The van der Waals surface area contributed by atoms with E-state index in [-0.39, 0.29) is 24.1 Å². The molecular weight excluding hydrogens is 240 g/mol. The van der Waals surface area contributed by atoms with Crippen LogP contribution in [0.3, 0.4) is 0 Å². The van der Waals surface area contributed by atoms with Gasteiger partial charge in [-0.15, -0.1) is 0 Å². The van der Waals surface area contributed by atoms with Crippen LogP contribution in [0.25, 0.3) is 0 Å². The number of aliphatic hydroxyl groups excluding tert-OH is 1. The molecule has 1 heterocycles. The van der Waals surface area contributed by atoms with Crippen molar-refractivity contribution < 1.29 is 9.90 Å². The summed E-state index contributed by atoms with van der Waals surface area (Å²) in [4.78, 5) is 12.5. The third-order valence-electron chi connectivity index (χ3n) is 5.53. The van der Waals surface area contributed by atoms with Gasteiger partial charge in [0.1, 0.15) is 0 Å². The molecule has 1 aliphatic heterocycles. The molecule has 3 N–H and O–H groups in total. The number of nitrogens with one attached hydrogen (secondary N) is 2. The first kappa shape index (κ1) is 13.4. The molecule has 1 amide bonds. The van der Waals surface area contributed by atoms with Gasteiger partial charge >= 0.3 is 0 Å². The van der Waals surface area contributed by atoms with Gasteiger partial charge in [-0.25, -0.2) is 0 Å². The van der Waals surface area contributed by atoms with Gasteiger partial charge in [-0.1, -0.05) is 25.7 Å². The van der Waals surface area contributed by atoms with Crippen LogP contribution in [0.1, 0.15) is 51.4 Å². The van der Waals surface area contributed by atoms with Crippen LogP contribution in [0.2, 0.25) is 0 Å². The molecule has 0 aromatic rings. The zero-order chi connectivity index (χ0) is 13.3. The van der Waals surface area contributed by atoms with Gasteiger partial charge < -0.3 is 15.7 Å². The maximum Gasteiger partial charge on any atom is 0.237 e. The van der Waals surface area contributed by atoms with Crippen molar-refractivity contribution in [3.05, 3.63) is 0 Å². The zero-order valence-electron chi connectivity index (χ0n) is 11.7. The molecule has 0 aromatic carbocycles. The summed E-state index contributed by atoms with van der Waals surface area (Å²) >= 11 is 0. The molecule has 3 fully saturated rings. The third-order valence-corrected chi connectivity index (χ3v) is 5.53. The lowest BCUT2D eigenvalue weighted by molar-refractivity contribution is -0.127. The summed E-state index contributed by atoms with van der Waals surface area (Å²) in [5.41, 5.74) is -0.340. The monoisotopic (exact) mass is 266 g/mol. The van der Waals surface area contributed by atoms with Crippen LogP contribution >= 0.6 is 0 Å². The molecule has 108 valence electrons. The fourth-order valence-electron chi connectivity index (χ4n) is 4.36. The second kappa shape index (κ2) is 5.41. The number of hydrogen-bond acceptors (Lipinski definition) is 3. The van der Waals surface area contributed by atoms with Crippen molar-refractivity contribution in [2.24, 2.45) is 11.8 Å². The quantitative estimate of drug-likeness (QED) is 0.719. The highest BCUT2D eigenvalue weighted by atomic mass is 16.3. The molecule has 4 heteroatoms. The Morgan fingerprint density at radius 1 is 1.21 bits per heavy atom. The summed E-state index contributed by atoms with van der Waals surface area (Å²) in [6.45, 7) is 1.08. The number of amides is 1. The molecule has 2 aliphatic carbocycles. The van der Waals surface area contributed by atoms with Crippen molar-refractivity contribution >= 4 is 5.91 Å². The first-order chi connectivity index (χ1) is 9.24.